The Hall–Kier alpha value is -1.81. The van der Waals surface area contributed by atoms with Crippen molar-refractivity contribution >= 4 is 23.5 Å². The predicted octanol–water partition coefficient (Wildman–Crippen LogP) is 3.12. The van der Waals surface area contributed by atoms with E-state index in [1.807, 2.05) is 12.1 Å². The molecule has 3 rings (SSSR count). The Balaban J connectivity index is 1.91. The molecule has 0 spiro atoms. The molecule has 1 amide bonds. The molecule has 2 aliphatic rings. The molecule has 116 valence electrons. The highest BCUT2D eigenvalue weighted by atomic mass is 35.5. The van der Waals surface area contributed by atoms with Gasteiger partial charge in [0.2, 0.25) is 5.91 Å². The monoisotopic (exact) mass is 319 g/mol. The molecule has 5 heteroatoms. The van der Waals surface area contributed by atoms with Gasteiger partial charge in [0.05, 0.1) is 12.7 Å². The molecule has 1 aliphatic carbocycles. The number of benzene rings is 1. The van der Waals surface area contributed by atoms with Crippen LogP contribution in [0.4, 0.5) is 0 Å². The molecule has 0 aromatic heterocycles. The molecule has 1 aromatic carbocycles. The first-order valence-corrected chi connectivity index (χ1v) is 7.81. The average molecular weight is 320 g/mol. The summed E-state index contributed by atoms with van der Waals surface area (Å²) in [4.78, 5) is 26.2. The Bertz CT molecular complexity index is 619. The maximum Gasteiger partial charge on any atom is 0.335 e. The molecule has 1 saturated carbocycles. The standard InChI is InChI=1S/C17H18ClNO3/c1-22-17(21)15-10-19(9-11-2-3-11)16(20)8-14(15)12-4-6-13(18)7-5-12/h4-7,10-11,14H,2-3,8-9H2,1H3. The van der Waals surface area contributed by atoms with Gasteiger partial charge in [-0.2, -0.15) is 0 Å². The molecular formula is C17H18ClNO3. The fraction of sp³-hybridized carbons (Fsp3) is 0.412. The summed E-state index contributed by atoms with van der Waals surface area (Å²) in [5.41, 5.74) is 1.44. The molecule has 1 fully saturated rings. The van der Waals surface area contributed by atoms with Gasteiger partial charge in [-0.15, -0.1) is 0 Å². The van der Waals surface area contributed by atoms with Crippen LogP contribution >= 0.6 is 11.6 Å². The first kappa shape index (κ1) is 15.1. The molecule has 22 heavy (non-hydrogen) atoms. The minimum Gasteiger partial charge on any atom is -0.466 e. The lowest BCUT2D eigenvalue weighted by Crippen LogP contribution is -2.35. The van der Waals surface area contributed by atoms with Crippen LogP contribution < -0.4 is 0 Å². The second kappa shape index (κ2) is 6.13. The lowest BCUT2D eigenvalue weighted by molar-refractivity contribution is -0.137. The van der Waals surface area contributed by atoms with Crippen LogP contribution in [-0.2, 0) is 14.3 Å². The lowest BCUT2D eigenvalue weighted by atomic mass is 9.86. The van der Waals surface area contributed by atoms with E-state index in [0.717, 1.165) is 18.4 Å². The number of ether oxygens (including phenoxy) is 1. The molecule has 0 saturated heterocycles. The minimum absolute atomic E-state index is 0.0551. The number of esters is 1. The summed E-state index contributed by atoms with van der Waals surface area (Å²) in [5, 5.41) is 0.629. The molecule has 1 aliphatic heterocycles. The van der Waals surface area contributed by atoms with Crippen LogP contribution in [0.1, 0.15) is 30.7 Å². The highest BCUT2D eigenvalue weighted by molar-refractivity contribution is 6.30. The van der Waals surface area contributed by atoms with Crippen molar-refractivity contribution in [3.63, 3.8) is 0 Å². The van der Waals surface area contributed by atoms with E-state index in [4.69, 9.17) is 16.3 Å². The molecule has 1 heterocycles. The highest BCUT2D eigenvalue weighted by Gasteiger charge is 2.35. The van der Waals surface area contributed by atoms with Crippen LogP contribution in [0.3, 0.4) is 0 Å². The van der Waals surface area contributed by atoms with Gasteiger partial charge in [-0.3, -0.25) is 4.79 Å². The molecule has 4 nitrogen and oxygen atoms in total. The Labute approximate surface area is 134 Å². The predicted molar refractivity (Wildman–Crippen MR) is 83.3 cm³/mol. The molecule has 0 N–H and O–H groups in total. The van der Waals surface area contributed by atoms with Crippen molar-refractivity contribution < 1.29 is 14.3 Å². The average Bonchev–Trinajstić information content (AvgIpc) is 3.33. The Morgan fingerprint density at radius 2 is 2.00 bits per heavy atom. The van der Waals surface area contributed by atoms with Gasteiger partial charge >= 0.3 is 5.97 Å². The number of carbonyl (C=O) groups is 2. The third-order valence-corrected chi connectivity index (χ3v) is 4.47. The summed E-state index contributed by atoms with van der Waals surface area (Å²) in [6.45, 7) is 0.701. The second-order valence-corrected chi connectivity index (χ2v) is 6.31. The SMILES string of the molecule is COC(=O)C1=CN(CC2CC2)C(=O)CC1c1ccc(Cl)cc1. The molecular weight excluding hydrogens is 302 g/mol. The number of hydrogen-bond acceptors (Lipinski definition) is 3. The maximum absolute atomic E-state index is 12.4. The molecule has 1 atom stereocenters. The van der Waals surface area contributed by atoms with Crippen molar-refractivity contribution in [1.82, 2.24) is 4.90 Å². The molecule has 1 aromatic rings. The summed E-state index contributed by atoms with van der Waals surface area (Å²) in [6, 6.07) is 7.25. The lowest BCUT2D eigenvalue weighted by Gasteiger charge is -2.30. The zero-order chi connectivity index (χ0) is 15.7. The van der Waals surface area contributed by atoms with Crippen LogP contribution in [0.15, 0.2) is 36.0 Å². The zero-order valence-corrected chi connectivity index (χ0v) is 13.2. The number of nitrogens with zero attached hydrogens (tertiary/aromatic N) is 1. The van der Waals surface area contributed by atoms with Crippen LogP contribution in [0.2, 0.25) is 5.02 Å². The number of amides is 1. The minimum atomic E-state index is -0.381. The van der Waals surface area contributed by atoms with Gasteiger partial charge in [0.25, 0.3) is 0 Å². The van der Waals surface area contributed by atoms with Crippen molar-refractivity contribution in [1.29, 1.82) is 0 Å². The van der Waals surface area contributed by atoms with Crippen molar-refractivity contribution in [2.45, 2.75) is 25.2 Å². The van der Waals surface area contributed by atoms with Crippen LogP contribution in [0, 0.1) is 5.92 Å². The largest absolute Gasteiger partial charge is 0.466 e. The Morgan fingerprint density at radius 3 is 2.59 bits per heavy atom. The normalized spacial score (nSPS) is 21.5. The number of methoxy groups -OCH3 is 1. The van der Waals surface area contributed by atoms with Gasteiger partial charge in [-0.25, -0.2) is 4.79 Å². The zero-order valence-electron chi connectivity index (χ0n) is 12.4. The van der Waals surface area contributed by atoms with Crippen molar-refractivity contribution in [3.05, 3.63) is 46.6 Å². The van der Waals surface area contributed by atoms with Crippen LogP contribution in [-0.4, -0.2) is 30.4 Å². The van der Waals surface area contributed by atoms with E-state index in [1.165, 1.54) is 7.11 Å². The summed E-state index contributed by atoms with van der Waals surface area (Å²) >= 11 is 5.91. The van der Waals surface area contributed by atoms with E-state index in [0.29, 0.717) is 23.1 Å². The second-order valence-electron chi connectivity index (χ2n) is 5.87. The maximum atomic E-state index is 12.4. The van der Waals surface area contributed by atoms with Crippen molar-refractivity contribution in [2.24, 2.45) is 5.92 Å². The van der Waals surface area contributed by atoms with E-state index in [1.54, 1.807) is 23.2 Å². The van der Waals surface area contributed by atoms with Crippen molar-refractivity contribution in [2.75, 3.05) is 13.7 Å². The van der Waals surface area contributed by atoms with E-state index in [2.05, 4.69) is 0 Å². The van der Waals surface area contributed by atoms with Gasteiger partial charge in [-0.1, -0.05) is 23.7 Å². The first-order chi connectivity index (χ1) is 10.6. The van der Waals surface area contributed by atoms with Crippen LogP contribution in [0.5, 0.6) is 0 Å². The van der Waals surface area contributed by atoms with E-state index in [9.17, 15) is 9.59 Å². The summed E-state index contributed by atoms with van der Waals surface area (Å²) in [6.07, 6.45) is 4.28. The molecule has 1 unspecified atom stereocenters. The van der Waals surface area contributed by atoms with Gasteiger partial charge in [-0.05, 0) is 36.5 Å². The van der Waals surface area contributed by atoms with Gasteiger partial charge < -0.3 is 9.64 Å². The van der Waals surface area contributed by atoms with Gasteiger partial charge in [0.15, 0.2) is 0 Å². The van der Waals surface area contributed by atoms with Gasteiger partial charge in [0.1, 0.15) is 0 Å². The number of halogens is 1. The van der Waals surface area contributed by atoms with Crippen LogP contribution in [0.25, 0.3) is 0 Å². The van der Waals surface area contributed by atoms with E-state index >= 15 is 0 Å². The summed E-state index contributed by atoms with van der Waals surface area (Å²) in [5.74, 6) is -0.0217. The molecule has 0 radical (unpaired) electrons. The topological polar surface area (TPSA) is 46.6 Å². The smallest absolute Gasteiger partial charge is 0.335 e. The number of hydrogen-bond donors (Lipinski definition) is 0. The van der Waals surface area contributed by atoms with Crippen molar-refractivity contribution in [3.8, 4) is 0 Å². The summed E-state index contributed by atoms with van der Waals surface area (Å²) in [7, 11) is 1.36. The fourth-order valence-corrected chi connectivity index (χ4v) is 2.90. The number of carbonyl (C=O) groups excluding carboxylic acids is 2. The Kier molecular flexibility index (Phi) is 4.21. The quantitative estimate of drug-likeness (QED) is 0.801. The van der Waals surface area contributed by atoms with E-state index in [-0.39, 0.29) is 24.2 Å². The fourth-order valence-electron chi connectivity index (χ4n) is 2.77. The molecule has 0 bridgehead atoms. The highest BCUT2D eigenvalue weighted by Crippen LogP contribution is 2.36. The number of rotatable bonds is 4. The van der Waals surface area contributed by atoms with Gasteiger partial charge in [0, 0.05) is 30.1 Å². The summed E-state index contributed by atoms with van der Waals surface area (Å²) < 4.78 is 4.90. The van der Waals surface area contributed by atoms with E-state index < -0.39 is 0 Å². The third-order valence-electron chi connectivity index (χ3n) is 4.21. The third kappa shape index (κ3) is 3.17. The Morgan fingerprint density at radius 1 is 1.32 bits per heavy atom. The first-order valence-electron chi connectivity index (χ1n) is 7.43.